The number of thioether (sulfide) groups is 1. The number of carbonyl (C=O) groups is 2. The highest BCUT2D eigenvalue weighted by Crippen LogP contribution is 2.42. The summed E-state index contributed by atoms with van der Waals surface area (Å²) in [7, 11) is 0. The van der Waals surface area contributed by atoms with E-state index in [1.54, 1.807) is 18.2 Å². The Balaban J connectivity index is 1.34. The van der Waals surface area contributed by atoms with Crippen LogP contribution in [0.5, 0.6) is 5.75 Å². The Labute approximate surface area is 179 Å². The number of fused-ring (bicyclic) bond motifs is 1. The maximum Gasteiger partial charge on any atom is 0.262 e. The fourth-order valence-electron chi connectivity index (χ4n) is 3.99. The van der Waals surface area contributed by atoms with E-state index in [-0.39, 0.29) is 23.5 Å². The predicted octanol–water partition coefficient (Wildman–Crippen LogP) is 3.30. The first-order valence-corrected chi connectivity index (χ1v) is 11.5. The molecule has 1 amide bonds. The molecule has 1 aromatic heterocycles. The number of aromatic nitrogens is 3. The molecule has 1 aliphatic carbocycles. The minimum Gasteiger partial charge on any atom is -0.482 e. The Bertz CT molecular complexity index is 981. The Morgan fingerprint density at radius 3 is 2.80 bits per heavy atom. The number of benzene rings is 1. The number of nitrogens with zero attached hydrogens (tertiary/aromatic N) is 4. The minimum absolute atomic E-state index is 0.00270. The summed E-state index contributed by atoms with van der Waals surface area (Å²) in [5.74, 6) is 1.32. The average Bonchev–Trinajstić information content (AvgIpc) is 3.53. The summed E-state index contributed by atoms with van der Waals surface area (Å²) in [5, 5.41) is 12.2. The second-order valence-electron chi connectivity index (χ2n) is 8.10. The van der Waals surface area contributed by atoms with Crippen molar-refractivity contribution < 1.29 is 14.3 Å². The van der Waals surface area contributed by atoms with Crippen molar-refractivity contribution in [2.24, 2.45) is 0 Å². The van der Waals surface area contributed by atoms with Crippen LogP contribution in [0.25, 0.3) is 0 Å². The topological polar surface area (TPSA) is 89.4 Å². The zero-order valence-corrected chi connectivity index (χ0v) is 17.8. The third-order valence-corrected chi connectivity index (χ3v) is 6.80. The molecule has 158 valence electrons. The molecule has 2 aromatic rings. The number of hydrogen-bond donors (Lipinski definition) is 1. The lowest BCUT2D eigenvalue weighted by Gasteiger charge is -2.28. The van der Waals surface area contributed by atoms with E-state index in [0.717, 1.165) is 37.0 Å². The fourth-order valence-corrected chi connectivity index (χ4v) is 4.99. The third-order valence-electron chi connectivity index (χ3n) is 5.75. The minimum atomic E-state index is -0.320. The number of piperidine rings is 1. The van der Waals surface area contributed by atoms with Crippen molar-refractivity contribution in [3.63, 3.8) is 0 Å². The van der Waals surface area contributed by atoms with Gasteiger partial charge < -0.3 is 15.0 Å². The van der Waals surface area contributed by atoms with Crippen molar-refractivity contribution in [2.75, 3.05) is 29.9 Å². The fraction of sp³-hybridized carbons (Fsp3) is 0.524. The van der Waals surface area contributed by atoms with Gasteiger partial charge >= 0.3 is 0 Å². The number of rotatable bonds is 6. The number of nitrogens with one attached hydrogen (secondary N) is 1. The van der Waals surface area contributed by atoms with Crippen molar-refractivity contribution in [3.8, 4) is 5.75 Å². The van der Waals surface area contributed by atoms with E-state index in [0.29, 0.717) is 23.0 Å². The quantitative estimate of drug-likeness (QED) is 0.559. The zero-order valence-electron chi connectivity index (χ0n) is 17.0. The van der Waals surface area contributed by atoms with Crippen LogP contribution in [0.3, 0.4) is 0 Å². The highest BCUT2D eigenvalue weighted by Gasteiger charge is 2.33. The van der Waals surface area contributed by atoms with Gasteiger partial charge in [0.05, 0.1) is 10.9 Å². The van der Waals surface area contributed by atoms with Crippen LogP contribution >= 0.6 is 11.8 Å². The zero-order chi connectivity index (χ0) is 20.7. The summed E-state index contributed by atoms with van der Waals surface area (Å²) in [5.41, 5.74) is 1.09. The molecule has 1 aromatic carbocycles. The third kappa shape index (κ3) is 3.78. The number of carbonyl (C=O) groups excluding carboxylic acids is 2. The first-order chi connectivity index (χ1) is 14.6. The number of hydrogen-bond acceptors (Lipinski definition) is 7. The van der Waals surface area contributed by atoms with E-state index < -0.39 is 0 Å². The molecular formula is C21H25N5O3S. The van der Waals surface area contributed by atoms with Gasteiger partial charge in [0.15, 0.2) is 17.5 Å². The first-order valence-electron chi connectivity index (χ1n) is 10.6. The van der Waals surface area contributed by atoms with Gasteiger partial charge in [0, 0.05) is 24.7 Å². The van der Waals surface area contributed by atoms with Crippen LogP contribution in [0.15, 0.2) is 23.4 Å². The molecule has 0 bridgehead atoms. The molecule has 2 aliphatic heterocycles. The molecule has 30 heavy (non-hydrogen) atoms. The SMILES string of the molecule is CC(Sc1nnc(N2CCCCC2)n1C1CC1)C(=O)c1ccc2c(c1)NC(=O)CO2. The van der Waals surface area contributed by atoms with Crippen molar-refractivity contribution in [1.82, 2.24) is 14.8 Å². The largest absolute Gasteiger partial charge is 0.482 e. The predicted molar refractivity (Wildman–Crippen MR) is 115 cm³/mol. The molecule has 1 unspecified atom stereocenters. The molecule has 1 N–H and O–H groups in total. The lowest BCUT2D eigenvalue weighted by atomic mass is 10.1. The second-order valence-corrected chi connectivity index (χ2v) is 9.41. The van der Waals surface area contributed by atoms with Crippen molar-refractivity contribution in [2.45, 2.75) is 55.5 Å². The molecule has 8 nitrogen and oxygen atoms in total. The monoisotopic (exact) mass is 427 g/mol. The summed E-state index contributed by atoms with van der Waals surface area (Å²) < 4.78 is 7.62. The molecule has 3 aliphatic rings. The van der Waals surface area contributed by atoms with Crippen LogP contribution in [0.4, 0.5) is 11.6 Å². The lowest BCUT2D eigenvalue weighted by Crippen LogP contribution is -2.32. The van der Waals surface area contributed by atoms with Gasteiger partial charge in [-0.25, -0.2) is 0 Å². The van der Waals surface area contributed by atoms with Crippen LogP contribution < -0.4 is 15.0 Å². The first kappa shape index (κ1) is 19.4. The van der Waals surface area contributed by atoms with E-state index in [9.17, 15) is 9.59 Å². The van der Waals surface area contributed by atoms with Gasteiger partial charge in [-0.3, -0.25) is 14.2 Å². The standard InChI is InChI=1S/C21H25N5O3S/c1-13(19(28)14-5-8-17-16(11-14)22-18(27)12-29-17)30-21-24-23-20(26(21)15-6-7-15)25-9-3-2-4-10-25/h5,8,11,13,15H,2-4,6-7,9-10,12H2,1H3,(H,22,27). The molecular weight excluding hydrogens is 402 g/mol. The maximum atomic E-state index is 13.1. The molecule has 1 saturated heterocycles. The van der Waals surface area contributed by atoms with Gasteiger partial charge in [0.25, 0.3) is 5.91 Å². The summed E-state index contributed by atoms with van der Waals surface area (Å²) in [6, 6.07) is 5.62. The average molecular weight is 428 g/mol. The van der Waals surface area contributed by atoms with Gasteiger partial charge in [0.1, 0.15) is 5.75 Å². The molecule has 0 spiro atoms. The Hall–Kier alpha value is -2.55. The molecule has 9 heteroatoms. The summed E-state index contributed by atoms with van der Waals surface area (Å²) in [6.07, 6.45) is 5.92. The number of ether oxygens (including phenoxy) is 1. The molecule has 2 fully saturated rings. The number of anilines is 2. The van der Waals surface area contributed by atoms with Crippen LogP contribution in [0.1, 0.15) is 55.4 Å². The van der Waals surface area contributed by atoms with E-state index in [2.05, 4.69) is 25.0 Å². The second kappa shape index (κ2) is 7.94. The Kier molecular flexibility index (Phi) is 5.14. The maximum absolute atomic E-state index is 13.1. The number of ketones is 1. The number of amides is 1. The highest BCUT2D eigenvalue weighted by atomic mass is 32.2. The van der Waals surface area contributed by atoms with E-state index in [1.807, 2.05) is 6.92 Å². The molecule has 0 radical (unpaired) electrons. The smallest absolute Gasteiger partial charge is 0.262 e. The van der Waals surface area contributed by atoms with Gasteiger partial charge in [-0.1, -0.05) is 11.8 Å². The van der Waals surface area contributed by atoms with Crippen molar-refractivity contribution in [1.29, 1.82) is 0 Å². The Morgan fingerprint density at radius 2 is 2.03 bits per heavy atom. The summed E-state index contributed by atoms with van der Waals surface area (Å²) in [4.78, 5) is 27.0. The lowest BCUT2D eigenvalue weighted by molar-refractivity contribution is -0.118. The molecule has 1 saturated carbocycles. The van der Waals surface area contributed by atoms with E-state index in [1.165, 1.54) is 31.0 Å². The van der Waals surface area contributed by atoms with E-state index >= 15 is 0 Å². The van der Waals surface area contributed by atoms with Gasteiger partial charge in [0.2, 0.25) is 5.95 Å². The molecule has 1 atom stereocenters. The van der Waals surface area contributed by atoms with Crippen LogP contribution in [-0.2, 0) is 4.79 Å². The van der Waals surface area contributed by atoms with Crippen LogP contribution in [0, 0.1) is 0 Å². The van der Waals surface area contributed by atoms with Gasteiger partial charge in [-0.2, -0.15) is 0 Å². The van der Waals surface area contributed by atoms with Crippen molar-refractivity contribution in [3.05, 3.63) is 23.8 Å². The highest BCUT2D eigenvalue weighted by molar-refractivity contribution is 8.00. The summed E-state index contributed by atoms with van der Waals surface area (Å²) >= 11 is 1.46. The van der Waals surface area contributed by atoms with Crippen molar-refractivity contribution >= 4 is 35.1 Å². The Morgan fingerprint density at radius 1 is 1.23 bits per heavy atom. The molecule has 5 rings (SSSR count). The summed E-state index contributed by atoms with van der Waals surface area (Å²) in [6.45, 7) is 3.94. The normalized spacial score (nSPS) is 19.6. The van der Waals surface area contributed by atoms with Crippen LogP contribution in [-0.4, -0.2) is 51.4 Å². The van der Waals surface area contributed by atoms with E-state index in [4.69, 9.17) is 4.74 Å². The number of Topliss-reactive ketones (excluding diaryl/α,β-unsaturated/α-hetero) is 1. The van der Waals surface area contributed by atoms with Gasteiger partial charge in [-0.05, 0) is 57.2 Å². The van der Waals surface area contributed by atoms with Gasteiger partial charge in [-0.15, -0.1) is 10.2 Å². The van der Waals surface area contributed by atoms with Crippen LogP contribution in [0.2, 0.25) is 0 Å². The molecule has 3 heterocycles.